The first kappa shape index (κ1) is 20.6. The molecule has 0 unspecified atom stereocenters. The number of rotatable bonds is 9. The number of nitrogens with zero attached hydrogens (tertiary/aromatic N) is 2. The molecule has 0 aliphatic carbocycles. The summed E-state index contributed by atoms with van der Waals surface area (Å²) in [6, 6.07) is 7.28. The van der Waals surface area contributed by atoms with Crippen molar-refractivity contribution in [3.8, 4) is 11.5 Å². The summed E-state index contributed by atoms with van der Waals surface area (Å²) >= 11 is 0. The molecule has 0 radical (unpaired) electrons. The number of hydrogen-bond donors (Lipinski definition) is 3. The first-order chi connectivity index (χ1) is 13.1. The molecular formula is C20H30N4O3. The molecule has 2 rings (SSSR count). The smallest absolute Gasteiger partial charge is 0.191 e. The number of hydrogen-bond acceptors (Lipinski definition) is 5. The molecule has 148 valence electrons. The Hall–Kier alpha value is -2.70. The normalized spacial score (nSPS) is 11.7. The number of phenols is 1. The first-order valence-electron chi connectivity index (χ1n) is 9.44. The number of aromatic hydroxyl groups is 1. The Morgan fingerprint density at radius 1 is 1.22 bits per heavy atom. The van der Waals surface area contributed by atoms with Crippen LogP contribution in [0, 0.1) is 0 Å². The fourth-order valence-corrected chi connectivity index (χ4v) is 2.83. The second-order valence-corrected chi connectivity index (χ2v) is 6.29. The predicted molar refractivity (Wildman–Crippen MR) is 106 cm³/mol. The van der Waals surface area contributed by atoms with Crippen molar-refractivity contribution >= 4 is 5.96 Å². The van der Waals surface area contributed by atoms with E-state index in [1.54, 1.807) is 12.1 Å². The van der Waals surface area contributed by atoms with Crippen LogP contribution in [0.1, 0.15) is 56.5 Å². The molecule has 7 heteroatoms. The summed E-state index contributed by atoms with van der Waals surface area (Å²) in [5.74, 6) is 2.45. The standard InChI is InChI=1S/C20H30N4O3/c1-5-15(6-2)17-11-16(27-24-17)13-23-20(21-7-3)22-12-14-8-9-19(26-4)18(25)10-14/h8-11,15,25H,5-7,12-13H2,1-4H3,(H2,21,22,23). The molecule has 27 heavy (non-hydrogen) atoms. The number of phenolic OH excluding ortho intramolecular Hbond substituents is 1. The molecule has 0 atom stereocenters. The number of guanidine groups is 1. The highest BCUT2D eigenvalue weighted by molar-refractivity contribution is 5.79. The van der Waals surface area contributed by atoms with Gasteiger partial charge in [-0.15, -0.1) is 0 Å². The van der Waals surface area contributed by atoms with Crippen molar-refractivity contribution in [1.29, 1.82) is 0 Å². The maximum atomic E-state index is 9.88. The summed E-state index contributed by atoms with van der Waals surface area (Å²) in [4.78, 5) is 4.55. The molecule has 0 amide bonds. The molecule has 1 aromatic heterocycles. The van der Waals surface area contributed by atoms with E-state index >= 15 is 0 Å². The minimum Gasteiger partial charge on any atom is -0.504 e. The summed E-state index contributed by atoms with van der Waals surface area (Å²) in [6.07, 6.45) is 2.10. The molecule has 1 heterocycles. The van der Waals surface area contributed by atoms with E-state index < -0.39 is 0 Å². The Morgan fingerprint density at radius 3 is 2.63 bits per heavy atom. The highest BCUT2D eigenvalue weighted by Gasteiger charge is 2.13. The lowest BCUT2D eigenvalue weighted by Gasteiger charge is -2.10. The number of benzene rings is 1. The summed E-state index contributed by atoms with van der Waals surface area (Å²) in [6.45, 7) is 8.02. The molecule has 3 N–H and O–H groups in total. The second kappa shape index (κ2) is 10.4. The zero-order valence-electron chi connectivity index (χ0n) is 16.6. The van der Waals surface area contributed by atoms with E-state index in [1.807, 2.05) is 19.1 Å². The number of methoxy groups -OCH3 is 1. The third-order valence-corrected chi connectivity index (χ3v) is 4.42. The lowest BCUT2D eigenvalue weighted by atomic mass is 9.99. The fraction of sp³-hybridized carbons (Fsp3) is 0.500. The van der Waals surface area contributed by atoms with Gasteiger partial charge in [-0.05, 0) is 37.5 Å². The molecule has 0 spiro atoms. The second-order valence-electron chi connectivity index (χ2n) is 6.29. The van der Waals surface area contributed by atoms with Crippen LogP contribution in [0.25, 0.3) is 0 Å². The topological polar surface area (TPSA) is 91.9 Å². The van der Waals surface area contributed by atoms with Crippen LogP contribution in [-0.4, -0.2) is 29.9 Å². The molecule has 7 nitrogen and oxygen atoms in total. The van der Waals surface area contributed by atoms with Gasteiger partial charge in [0.2, 0.25) is 0 Å². The predicted octanol–water partition coefficient (Wildman–Crippen LogP) is 3.55. The van der Waals surface area contributed by atoms with Crippen molar-refractivity contribution in [2.45, 2.75) is 52.6 Å². The molecule has 0 saturated carbocycles. The molecule has 1 aromatic carbocycles. The van der Waals surface area contributed by atoms with Crippen molar-refractivity contribution in [3.63, 3.8) is 0 Å². The van der Waals surface area contributed by atoms with Crippen LogP contribution in [0.4, 0.5) is 0 Å². The van der Waals surface area contributed by atoms with Gasteiger partial charge in [-0.25, -0.2) is 4.99 Å². The van der Waals surface area contributed by atoms with Gasteiger partial charge in [0.25, 0.3) is 0 Å². The minimum atomic E-state index is 0.110. The van der Waals surface area contributed by atoms with Crippen molar-refractivity contribution in [3.05, 3.63) is 41.3 Å². The molecular weight excluding hydrogens is 344 g/mol. The van der Waals surface area contributed by atoms with Gasteiger partial charge in [0, 0.05) is 18.5 Å². The first-order valence-corrected chi connectivity index (χ1v) is 9.44. The summed E-state index contributed by atoms with van der Waals surface area (Å²) in [7, 11) is 1.53. The molecule has 2 aromatic rings. The van der Waals surface area contributed by atoms with Crippen LogP contribution in [0.3, 0.4) is 0 Å². The van der Waals surface area contributed by atoms with Crippen molar-refractivity contribution in [2.75, 3.05) is 13.7 Å². The van der Waals surface area contributed by atoms with Gasteiger partial charge in [0.15, 0.2) is 23.2 Å². The third kappa shape index (κ3) is 5.91. The summed E-state index contributed by atoms with van der Waals surface area (Å²) in [5.41, 5.74) is 1.90. The van der Waals surface area contributed by atoms with Crippen LogP contribution in [0.2, 0.25) is 0 Å². The van der Waals surface area contributed by atoms with Gasteiger partial charge in [-0.3, -0.25) is 0 Å². The number of aromatic nitrogens is 1. The number of nitrogens with one attached hydrogen (secondary N) is 2. The highest BCUT2D eigenvalue weighted by atomic mass is 16.5. The molecule has 0 saturated heterocycles. The van der Waals surface area contributed by atoms with Crippen LogP contribution >= 0.6 is 0 Å². The van der Waals surface area contributed by atoms with Crippen LogP contribution in [-0.2, 0) is 13.1 Å². The molecule has 0 fully saturated rings. The Balaban J connectivity index is 1.98. The van der Waals surface area contributed by atoms with Crippen LogP contribution < -0.4 is 15.4 Å². The number of ether oxygens (including phenoxy) is 1. The van der Waals surface area contributed by atoms with Gasteiger partial charge in [0.1, 0.15) is 0 Å². The summed E-state index contributed by atoms with van der Waals surface area (Å²) < 4.78 is 10.5. The molecule has 0 aliphatic rings. The van der Waals surface area contributed by atoms with Gasteiger partial charge < -0.3 is 25.0 Å². The van der Waals surface area contributed by atoms with E-state index in [4.69, 9.17) is 9.26 Å². The average molecular weight is 374 g/mol. The average Bonchev–Trinajstić information content (AvgIpc) is 3.14. The van der Waals surface area contributed by atoms with Gasteiger partial charge in [0.05, 0.1) is 25.9 Å². The lowest BCUT2D eigenvalue weighted by Crippen LogP contribution is -2.36. The monoisotopic (exact) mass is 374 g/mol. The Morgan fingerprint density at radius 2 is 2.00 bits per heavy atom. The molecule has 0 aliphatic heterocycles. The van der Waals surface area contributed by atoms with E-state index in [1.165, 1.54) is 7.11 Å². The zero-order chi connectivity index (χ0) is 19.6. The van der Waals surface area contributed by atoms with Crippen molar-refractivity contribution in [1.82, 2.24) is 15.8 Å². The SMILES string of the molecule is CCNC(=NCc1ccc(OC)c(O)c1)NCc1cc(C(CC)CC)no1. The Labute approximate surface area is 160 Å². The van der Waals surface area contributed by atoms with Gasteiger partial charge in [-0.1, -0.05) is 25.1 Å². The maximum Gasteiger partial charge on any atom is 0.191 e. The van der Waals surface area contributed by atoms with Gasteiger partial charge in [-0.2, -0.15) is 0 Å². The quantitative estimate of drug-likeness (QED) is 0.459. The number of aliphatic imine (C=N–C) groups is 1. The van der Waals surface area contributed by atoms with Crippen molar-refractivity contribution in [2.24, 2.45) is 4.99 Å². The van der Waals surface area contributed by atoms with Crippen LogP contribution in [0.5, 0.6) is 11.5 Å². The minimum absolute atomic E-state index is 0.110. The highest BCUT2D eigenvalue weighted by Crippen LogP contribution is 2.26. The summed E-state index contributed by atoms with van der Waals surface area (Å²) in [5, 5.41) is 20.5. The third-order valence-electron chi connectivity index (χ3n) is 4.42. The maximum absolute atomic E-state index is 9.88. The van der Waals surface area contributed by atoms with Crippen LogP contribution in [0.15, 0.2) is 33.8 Å². The zero-order valence-corrected chi connectivity index (χ0v) is 16.6. The molecule has 0 bridgehead atoms. The van der Waals surface area contributed by atoms with Gasteiger partial charge >= 0.3 is 0 Å². The largest absolute Gasteiger partial charge is 0.504 e. The van der Waals surface area contributed by atoms with E-state index in [0.29, 0.717) is 30.7 Å². The van der Waals surface area contributed by atoms with Crippen molar-refractivity contribution < 1.29 is 14.4 Å². The lowest BCUT2D eigenvalue weighted by molar-refractivity contribution is 0.368. The van der Waals surface area contributed by atoms with E-state index in [0.717, 1.165) is 36.4 Å². The Bertz CT molecular complexity index is 739. The Kier molecular flexibility index (Phi) is 7.98. The fourth-order valence-electron chi connectivity index (χ4n) is 2.83. The van der Waals surface area contributed by atoms with E-state index in [-0.39, 0.29) is 5.75 Å². The van der Waals surface area contributed by atoms with E-state index in [9.17, 15) is 5.11 Å². The van der Waals surface area contributed by atoms with E-state index in [2.05, 4.69) is 34.6 Å².